The van der Waals surface area contributed by atoms with E-state index < -0.39 is 10.0 Å². The fraction of sp³-hybridized carbons (Fsp3) is 0.667. The summed E-state index contributed by atoms with van der Waals surface area (Å²) >= 11 is 0. The molecule has 1 aromatic heterocycles. The molecule has 1 fully saturated rings. The van der Waals surface area contributed by atoms with Gasteiger partial charge < -0.3 is 5.32 Å². The van der Waals surface area contributed by atoms with Gasteiger partial charge in [0.15, 0.2) is 0 Å². The first kappa shape index (κ1) is 16.2. The van der Waals surface area contributed by atoms with Gasteiger partial charge >= 0.3 is 0 Å². The van der Waals surface area contributed by atoms with Crippen LogP contribution >= 0.6 is 0 Å². The number of rotatable bonds is 5. The largest absolute Gasteiger partial charge is 0.369 e. The molecule has 0 spiro atoms. The lowest BCUT2D eigenvalue weighted by atomic mass is 10.1. The summed E-state index contributed by atoms with van der Waals surface area (Å²) in [6, 6.07) is 3.34. The van der Waals surface area contributed by atoms with Gasteiger partial charge in [-0.3, -0.25) is 0 Å². The third-order valence-corrected chi connectivity index (χ3v) is 5.68. The van der Waals surface area contributed by atoms with Gasteiger partial charge in [0.05, 0.1) is 0 Å². The predicted molar refractivity (Wildman–Crippen MR) is 84.9 cm³/mol. The molecule has 0 amide bonds. The Bertz CT molecular complexity index is 538. The number of aromatic nitrogens is 1. The summed E-state index contributed by atoms with van der Waals surface area (Å²) in [6.45, 7) is 4.00. The first-order valence-electron chi connectivity index (χ1n) is 7.85. The molecule has 1 aliphatic rings. The number of nitrogens with zero attached hydrogens (tertiary/aromatic N) is 2. The molecule has 0 aromatic carbocycles. The molecule has 21 heavy (non-hydrogen) atoms. The van der Waals surface area contributed by atoms with Crippen molar-refractivity contribution in [3.05, 3.63) is 18.3 Å². The molecule has 0 saturated carbocycles. The quantitative estimate of drug-likeness (QED) is 0.908. The molecule has 5 nitrogen and oxygen atoms in total. The highest BCUT2D eigenvalue weighted by atomic mass is 32.2. The van der Waals surface area contributed by atoms with Crippen molar-refractivity contribution in [1.82, 2.24) is 9.29 Å². The van der Waals surface area contributed by atoms with Crippen LogP contribution in [0.5, 0.6) is 0 Å². The van der Waals surface area contributed by atoms with E-state index >= 15 is 0 Å². The van der Waals surface area contributed by atoms with Crippen molar-refractivity contribution >= 4 is 15.8 Å². The highest BCUT2D eigenvalue weighted by molar-refractivity contribution is 7.89. The summed E-state index contributed by atoms with van der Waals surface area (Å²) in [6.07, 6.45) is 7.88. The van der Waals surface area contributed by atoms with Gasteiger partial charge in [0.1, 0.15) is 10.7 Å². The van der Waals surface area contributed by atoms with Crippen molar-refractivity contribution in [3.63, 3.8) is 0 Å². The minimum absolute atomic E-state index is 0.305. The summed E-state index contributed by atoms with van der Waals surface area (Å²) in [5.41, 5.74) is 0. The molecular weight excluding hydrogens is 286 g/mol. The molecule has 1 saturated heterocycles. The molecule has 2 rings (SSSR count). The lowest BCUT2D eigenvalue weighted by Crippen LogP contribution is -2.34. The van der Waals surface area contributed by atoms with Crippen LogP contribution in [0.4, 0.5) is 5.82 Å². The molecule has 0 unspecified atom stereocenters. The smallest absolute Gasteiger partial charge is 0.246 e. The van der Waals surface area contributed by atoms with E-state index in [1.54, 1.807) is 22.6 Å². The maximum absolute atomic E-state index is 12.9. The summed E-state index contributed by atoms with van der Waals surface area (Å²) in [5.74, 6) is 0.474. The van der Waals surface area contributed by atoms with Crippen molar-refractivity contribution in [3.8, 4) is 0 Å². The summed E-state index contributed by atoms with van der Waals surface area (Å²) < 4.78 is 27.4. The number of anilines is 1. The van der Waals surface area contributed by atoms with Crippen LogP contribution in [-0.2, 0) is 10.0 Å². The van der Waals surface area contributed by atoms with Gasteiger partial charge in [-0.15, -0.1) is 0 Å². The topological polar surface area (TPSA) is 62.3 Å². The summed E-state index contributed by atoms with van der Waals surface area (Å²) in [4.78, 5) is 4.51. The van der Waals surface area contributed by atoms with Crippen LogP contribution in [0.15, 0.2) is 23.2 Å². The lowest BCUT2D eigenvalue weighted by Gasteiger charge is -2.25. The van der Waals surface area contributed by atoms with Gasteiger partial charge in [-0.2, -0.15) is 4.31 Å². The lowest BCUT2D eigenvalue weighted by molar-refractivity contribution is 0.364. The Labute approximate surface area is 127 Å². The minimum atomic E-state index is -3.45. The average molecular weight is 311 g/mol. The van der Waals surface area contributed by atoms with E-state index in [0.717, 1.165) is 38.6 Å². The molecular formula is C15H25N3O2S. The van der Waals surface area contributed by atoms with E-state index in [2.05, 4.69) is 10.3 Å². The Kier molecular flexibility index (Phi) is 5.99. The van der Waals surface area contributed by atoms with E-state index in [1.807, 2.05) is 6.92 Å². The van der Waals surface area contributed by atoms with E-state index in [9.17, 15) is 8.42 Å². The molecule has 0 bridgehead atoms. The van der Waals surface area contributed by atoms with Gasteiger partial charge in [0.2, 0.25) is 10.0 Å². The minimum Gasteiger partial charge on any atom is -0.369 e. The van der Waals surface area contributed by atoms with E-state index in [-0.39, 0.29) is 0 Å². The molecule has 0 atom stereocenters. The molecule has 6 heteroatoms. The Morgan fingerprint density at radius 2 is 1.86 bits per heavy atom. The number of hydrogen-bond acceptors (Lipinski definition) is 4. The van der Waals surface area contributed by atoms with Crippen LogP contribution in [0.2, 0.25) is 0 Å². The molecule has 1 aliphatic heterocycles. The second-order valence-corrected chi connectivity index (χ2v) is 7.36. The molecule has 0 radical (unpaired) electrons. The zero-order valence-corrected chi connectivity index (χ0v) is 13.5. The van der Waals surface area contributed by atoms with E-state index in [4.69, 9.17) is 0 Å². The first-order chi connectivity index (χ1) is 10.2. The number of hydrogen-bond donors (Lipinski definition) is 1. The second kappa shape index (κ2) is 7.75. The standard InChI is InChI=1S/C15H25N3O2S/c1-2-10-16-15-14(9-8-11-17-15)21(19,20)18-12-6-4-3-5-7-13-18/h8-9,11H,2-7,10,12-13H2,1H3,(H,16,17). The van der Waals surface area contributed by atoms with Gasteiger partial charge in [-0.25, -0.2) is 13.4 Å². The monoisotopic (exact) mass is 311 g/mol. The van der Waals surface area contributed by atoms with Crippen LogP contribution in [0.1, 0.15) is 45.4 Å². The van der Waals surface area contributed by atoms with Crippen molar-refractivity contribution < 1.29 is 8.42 Å². The molecule has 1 N–H and O–H groups in total. The van der Waals surface area contributed by atoms with Crippen molar-refractivity contribution in [1.29, 1.82) is 0 Å². The van der Waals surface area contributed by atoms with Crippen LogP contribution in [0, 0.1) is 0 Å². The van der Waals surface area contributed by atoms with Crippen LogP contribution < -0.4 is 5.32 Å². The zero-order valence-electron chi connectivity index (χ0n) is 12.7. The second-order valence-electron chi connectivity index (χ2n) is 5.45. The highest BCUT2D eigenvalue weighted by Gasteiger charge is 2.27. The first-order valence-corrected chi connectivity index (χ1v) is 9.29. The maximum atomic E-state index is 12.9. The third-order valence-electron chi connectivity index (χ3n) is 3.75. The zero-order chi connectivity index (χ0) is 15.1. The predicted octanol–water partition coefficient (Wildman–Crippen LogP) is 2.86. The molecule has 0 aliphatic carbocycles. The Balaban J connectivity index is 2.25. The van der Waals surface area contributed by atoms with Crippen molar-refractivity contribution in [2.45, 2.75) is 50.3 Å². The Morgan fingerprint density at radius 3 is 2.52 bits per heavy atom. The van der Waals surface area contributed by atoms with Gasteiger partial charge in [-0.05, 0) is 31.4 Å². The van der Waals surface area contributed by atoms with Crippen molar-refractivity contribution in [2.24, 2.45) is 0 Å². The van der Waals surface area contributed by atoms with E-state index in [0.29, 0.717) is 23.8 Å². The van der Waals surface area contributed by atoms with Gasteiger partial charge in [0, 0.05) is 25.8 Å². The van der Waals surface area contributed by atoms with Crippen LogP contribution in [-0.4, -0.2) is 37.3 Å². The molecule has 2 heterocycles. The Hall–Kier alpha value is -1.14. The normalized spacial score (nSPS) is 18.0. The average Bonchev–Trinajstić information content (AvgIpc) is 2.44. The SMILES string of the molecule is CCCNc1ncccc1S(=O)(=O)N1CCCCCCC1. The fourth-order valence-corrected chi connectivity index (χ4v) is 4.21. The summed E-state index contributed by atoms with van der Waals surface area (Å²) in [7, 11) is -3.45. The Morgan fingerprint density at radius 1 is 1.19 bits per heavy atom. The van der Waals surface area contributed by atoms with Crippen molar-refractivity contribution in [2.75, 3.05) is 25.0 Å². The number of nitrogens with one attached hydrogen (secondary N) is 1. The maximum Gasteiger partial charge on any atom is 0.246 e. The third kappa shape index (κ3) is 4.17. The van der Waals surface area contributed by atoms with Crippen LogP contribution in [0.25, 0.3) is 0 Å². The van der Waals surface area contributed by atoms with Gasteiger partial charge in [-0.1, -0.05) is 26.2 Å². The fourth-order valence-electron chi connectivity index (χ4n) is 2.57. The van der Waals surface area contributed by atoms with E-state index in [1.165, 1.54) is 6.42 Å². The van der Waals surface area contributed by atoms with Gasteiger partial charge in [0.25, 0.3) is 0 Å². The number of pyridine rings is 1. The summed E-state index contributed by atoms with van der Waals surface area (Å²) in [5, 5.41) is 3.12. The molecule has 1 aromatic rings. The van der Waals surface area contributed by atoms with Crippen LogP contribution in [0.3, 0.4) is 0 Å². The number of sulfonamides is 1. The molecule has 118 valence electrons. The highest BCUT2D eigenvalue weighted by Crippen LogP contribution is 2.24.